The fourth-order valence-electron chi connectivity index (χ4n) is 5.54. The van der Waals surface area contributed by atoms with E-state index in [1.54, 1.807) is 30.1 Å². The van der Waals surface area contributed by atoms with Crippen LogP contribution in [-0.4, -0.2) is 29.2 Å². The van der Waals surface area contributed by atoms with Gasteiger partial charge in [-0.1, -0.05) is 35.5 Å². The van der Waals surface area contributed by atoms with Gasteiger partial charge in [-0.2, -0.15) is 4.98 Å². The fourth-order valence-corrected chi connectivity index (χ4v) is 5.54. The summed E-state index contributed by atoms with van der Waals surface area (Å²) in [7, 11) is 1.74. The summed E-state index contributed by atoms with van der Waals surface area (Å²) in [4.78, 5) is 25.6. The first-order chi connectivity index (χ1) is 15.5. The summed E-state index contributed by atoms with van der Waals surface area (Å²) in [6.45, 7) is 0.130. The molecule has 4 atom stereocenters. The van der Waals surface area contributed by atoms with Crippen LogP contribution in [0, 0.1) is 17.8 Å². The largest absolute Gasteiger partial charge is 0.337 e. The molecule has 0 saturated heterocycles. The third-order valence-corrected chi connectivity index (χ3v) is 7.20. The van der Waals surface area contributed by atoms with Gasteiger partial charge in [0.05, 0.1) is 11.7 Å². The standard InChI is InChI=1S/C22H16F2N6O2/c1-29-8-25-19-17(29)20(31)30(9-26-19)7-14-27-21(28-32-14)22-13-6-12(15(22)16(13)22)10-2-4-11(5-3-10)18(23)24/h2-6,8-9,13,15-16,18H,7H2,1H3. The van der Waals surface area contributed by atoms with Crippen molar-refractivity contribution in [3.63, 3.8) is 0 Å². The van der Waals surface area contributed by atoms with Crippen LogP contribution in [-0.2, 0) is 19.0 Å². The number of nitrogens with zero attached hydrogens (tertiary/aromatic N) is 6. The number of hydrogen-bond donors (Lipinski definition) is 0. The maximum atomic E-state index is 12.8. The molecule has 0 spiro atoms. The van der Waals surface area contributed by atoms with Gasteiger partial charge in [0.2, 0.25) is 5.89 Å². The molecule has 4 aliphatic rings. The Hall–Kier alpha value is -3.69. The first-order valence-corrected chi connectivity index (χ1v) is 10.3. The topological polar surface area (TPSA) is 91.6 Å². The minimum atomic E-state index is -2.47. The normalized spacial score (nSPS) is 27.1. The van der Waals surface area contributed by atoms with E-state index in [0.29, 0.717) is 40.6 Å². The molecular formula is C22H16F2N6O2. The van der Waals surface area contributed by atoms with Crippen LogP contribution in [0.4, 0.5) is 8.78 Å². The Morgan fingerprint density at radius 1 is 1.19 bits per heavy atom. The summed E-state index contributed by atoms with van der Waals surface area (Å²) in [6, 6.07) is 6.49. The van der Waals surface area contributed by atoms with Crippen molar-refractivity contribution in [3.05, 3.63) is 76.2 Å². The quantitative estimate of drug-likeness (QED) is 0.480. The third-order valence-electron chi connectivity index (χ3n) is 7.20. The zero-order chi connectivity index (χ0) is 21.8. The molecule has 10 heteroatoms. The SMILES string of the molecule is Cn1cnc2ncn(Cc3nc(C45C6C=C(c7ccc(C(F)F)cc7)C4C65)no3)c(=O)c21. The minimum Gasteiger partial charge on any atom is -0.337 e. The molecule has 3 aromatic heterocycles. The van der Waals surface area contributed by atoms with E-state index >= 15 is 0 Å². The van der Waals surface area contributed by atoms with Gasteiger partial charge in [-0.05, 0) is 23.0 Å². The molecule has 8 nitrogen and oxygen atoms in total. The highest BCUT2D eigenvalue weighted by Crippen LogP contribution is 2.90. The molecule has 1 aromatic carbocycles. The summed E-state index contributed by atoms with van der Waals surface area (Å²) in [5.41, 5.74) is 2.63. The molecule has 3 heterocycles. The number of fused-ring (bicyclic) bond motifs is 1. The Balaban J connectivity index is 1.13. The van der Waals surface area contributed by atoms with Gasteiger partial charge in [0, 0.05) is 18.5 Å². The lowest BCUT2D eigenvalue weighted by Crippen LogP contribution is -2.22. The van der Waals surface area contributed by atoms with Gasteiger partial charge in [-0.25, -0.2) is 18.7 Å². The van der Waals surface area contributed by atoms with E-state index in [0.717, 1.165) is 5.56 Å². The molecule has 4 aromatic rings. The summed E-state index contributed by atoms with van der Waals surface area (Å²) < 4.78 is 34.2. The summed E-state index contributed by atoms with van der Waals surface area (Å²) in [5.74, 6) is 2.11. The highest BCUT2D eigenvalue weighted by atomic mass is 19.3. The lowest BCUT2D eigenvalue weighted by molar-refractivity contribution is 0.151. The highest BCUT2D eigenvalue weighted by molar-refractivity contribution is 5.84. The van der Waals surface area contributed by atoms with Crippen molar-refractivity contribution in [3.8, 4) is 0 Å². The van der Waals surface area contributed by atoms with Crippen LogP contribution in [0.1, 0.15) is 29.3 Å². The number of aromatic nitrogens is 6. The van der Waals surface area contributed by atoms with Crippen LogP contribution >= 0.6 is 0 Å². The predicted octanol–water partition coefficient (Wildman–Crippen LogP) is 2.71. The molecule has 0 aliphatic heterocycles. The summed E-state index contributed by atoms with van der Waals surface area (Å²) in [6.07, 6.45) is 2.73. The maximum Gasteiger partial charge on any atom is 0.280 e. The van der Waals surface area contributed by atoms with E-state index in [-0.39, 0.29) is 23.1 Å². The van der Waals surface area contributed by atoms with Crippen LogP contribution in [0.25, 0.3) is 16.7 Å². The van der Waals surface area contributed by atoms with Crippen LogP contribution in [0.2, 0.25) is 0 Å². The molecule has 2 bridgehead atoms. The van der Waals surface area contributed by atoms with Gasteiger partial charge in [0.15, 0.2) is 17.0 Å². The minimum absolute atomic E-state index is 0.0265. The Morgan fingerprint density at radius 3 is 2.72 bits per heavy atom. The van der Waals surface area contributed by atoms with E-state index in [4.69, 9.17) is 4.52 Å². The van der Waals surface area contributed by atoms with Crippen molar-refractivity contribution in [1.29, 1.82) is 0 Å². The summed E-state index contributed by atoms with van der Waals surface area (Å²) in [5, 5.41) is 4.22. The van der Waals surface area contributed by atoms with Gasteiger partial charge in [-0.15, -0.1) is 0 Å². The van der Waals surface area contributed by atoms with Crippen LogP contribution in [0.15, 0.2) is 52.3 Å². The zero-order valence-corrected chi connectivity index (χ0v) is 16.8. The van der Waals surface area contributed by atoms with Crippen molar-refractivity contribution in [2.24, 2.45) is 24.8 Å². The van der Waals surface area contributed by atoms with Crippen molar-refractivity contribution in [2.75, 3.05) is 0 Å². The van der Waals surface area contributed by atoms with Crippen LogP contribution < -0.4 is 5.56 Å². The average molecular weight is 434 g/mol. The molecule has 2 saturated carbocycles. The van der Waals surface area contributed by atoms with E-state index in [9.17, 15) is 13.6 Å². The van der Waals surface area contributed by atoms with E-state index in [1.165, 1.54) is 28.6 Å². The van der Waals surface area contributed by atoms with Gasteiger partial charge in [0.25, 0.3) is 12.0 Å². The second-order valence-electron chi connectivity index (χ2n) is 8.72. The van der Waals surface area contributed by atoms with E-state index < -0.39 is 6.43 Å². The Kier molecular flexibility index (Phi) is 3.23. The molecule has 0 radical (unpaired) electrons. The molecule has 4 aliphatic carbocycles. The average Bonchev–Trinajstić information content (AvgIpc) is 3.24. The summed E-state index contributed by atoms with van der Waals surface area (Å²) >= 11 is 0. The molecular weight excluding hydrogens is 418 g/mol. The second kappa shape index (κ2) is 5.76. The zero-order valence-electron chi connectivity index (χ0n) is 16.8. The number of benzene rings is 1. The van der Waals surface area contributed by atoms with Crippen molar-refractivity contribution in [2.45, 2.75) is 18.4 Å². The second-order valence-corrected chi connectivity index (χ2v) is 8.72. The molecule has 8 rings (SSSR count). The lowest BCUT2D eigenvalue weighted by Gasteiger charge is -2.08. The molecule has 32 heavy (non-hydrogen) atoms. The number of halogens is 2. The van der Waals surface area contributed by atoms with Crippen LogP contribution in [0.5, 0.6) is 0 Å². The fraction of sp³-hybridized carbons (Fsp3) is 0.318. The number of imidazole rings is 1. The number of hydrogen-bond acceptors (Lipinski definition) is 6. The Labute approximate surface area is 179 Å². The van der Waals surface area contributed by atoms with Crippen molar-refractivity contribution >= 4 is 16.7 Å². The molecule has 160 valence electrons. The number of allylic oxidation sites excluding steroid dienone is 2. The van der Waals surface area contributed by atoms with Gasteiger partial charge in [-0.3, -0.25) is 9.36 Å². The van der Waals surface area contributed by atoms with E-state index in [1.807, 2.05) is 0 Å². The number of alkyl halides is 2. The molecule has 0 N–H and O–H groups in total. The number of rotatable bonds is 5. The van der Waals surface area contributed by atoms with Crippen molar-refractivity contribution < 1.29 is 13.3 Å². The Bertz CT molecular complexity index is 1500. The molecule has 4 unspecified atom stereocenters. The third kappa shape index (κ3) is 2.11. The predicted molar refractivity (Wildman–Crippen MR) is 108 cm³/mol. The first kappa shape index (κ1) is 17.9. The van der Waals surface area contributed by atoms with Gasteiger partial charge >= 0.3 is 0 Å². The smallest absolute Gasteiger partial charge is 0.280 e. The maximum absolute atomic E-state index is 12.8. The monoisotopic (exact) mass is 434 g/mol. The lowest BCUT2D eigenvalue weighted by atomic mass is 9.96. The molecule has 2 fully saturated rings. The Morgan fingerprint density at radius 2 is 1.97 bits per heavy atom. The first-order valence-electron chi connectivity index (χ1n) is 10.3. The van der Waals surface area contributed by atoms with E-state index in [2.05, 4.69) is 26.2 Å². The van der Waals surface area contributed by atoms with Gasteiger partial charge in [0.1, 0.15) is 12.9 Å². The highest BCUT2D eigenvalue weighted by Gasteiger charge is 2.92. The van der Waals surface area contributed by atoms with Crippen LogP contribution in [0.3, 0.4) is 0 Å². The molecule has 0 amide bonds. The van der Waals surface area contributed by atoms with Crippen molar-refractivity contribution in [1.82, 2.24) is 29.2 Å². The number of aryl methyl sites for hydroxylation is 1. The van der Waals surface area contributed by atoms with Gasteiger partial charge < -0.3 is 9.09 Å².